The van der Waals surface area contributed by atoms with Crippen LogP contribution >= 0.6 is 0 Å². The number of aromatic nitrogens is 2. The summed E-state index contributed by atoms with van der Waals surface area (Å²) in [7, 11) is 0. The van der Waals surface area contributed by atoms with Crippen LogP contribution in [0.15, 0.2) is 152 Å². The van der Waals surface area contributed by atoms with Crippen LogP contribution in [-0.4, -0.2) is 9.13 Å². The Morgan fingerprint density at radius 2 is 1.00 bits per heavy atom. The molecule has 9 aromatic rings. The van der Waals surface area contributed by atoms with Crippen LogP contribution in [0, 0.1) is 29.2 Å². The highest BCUT2D eigenvalue weighted by Gasteiger charge is 2.20. The van der Waals surface area contributed by atoms with Crippen molar-refractivity contribution in [1.82, 2.24) is 9.13 Å². The number of para-hydroxylation sites is 4. The fraction of sp³-hybridized carbons (Fsp3) is 0. The summed E-state index contributed by atoms with van der Waals surface area (Å²) in [6, 6.07) is 55.8. The van der Waals surface area contributed by atoms with Crippen LogP contribution in [0.1, 0.15) is 11.1 Å². The summed E-state index contributed by atoms with van der Waals surface area (Å²) < 4.78 is 4.38. The van der Waals surface area contributed by atoms with Gasteiger partial charge in [0.1, 0.15) is 12.1 Å². The van der Waals surface area contributed by atoms with E-state index in [0.29, 0.717) is 22.5 Å². The lowest BCUT2D eigenvalue weighted by Crippen LogP contribution is -2.01. The average molecular weight is 636 g/mol. The van der Waals surface area contributed by atoms with Crippen LogP contribution in [0.4, 0.5) is 5.69 Å². The van der Waals surface area contributed by atoms with E-state index in [4.69, 9.17) is 6.57 Å². The maximum absolute atomic E-state index is 10.3. The number of nitrogens with zero attached hydrogens (tertiary/aromatic N) is 5. The summed E-state index contributed by atoms with van der Waals surface area (Å²) in [5.74, 6) is 0. The van der Waals surface area contributed by atoms with E-state index >= 15 is 0 Å². The van der Waals surface area contributed by atoms with Gasteiger partial charge in [-0.05, 0) is 70.6 Å². The molecule has 230 valence electrons. The minimum absolute atomic E-state index is 0.337. The van der Waals surface area contributed by atoms with Gasteiger partial charge in [0.15, 0.2) is 5.69 Å². The summed E-state index contributed by atoms with van der Waals surface area (Å²) in [6.45, 7) is 7.57. The summed E-state index contributed by atoms with van der Waals surface area (Å²) >= 11 is 0. The zero-order valence-corrected chi connectivity index (χ0v) is 26.7. The second kappa shape index (κ2) is 11.4. The fourth-order valence-electron chi connectivity index (χ4n) is 7.40. The quantitative estimate of drug-likeness (QED) is 0.181. The Labute approximate surface area is 288 Å². The highest BCUT2D eigenvalue weighted by molar-refractivity contribution is 6.11. The summed E-state index contributed by atoms with van der Waals surface area (Å²) in [6.07, 6.45) is 0. The molecule has 0 atom stereocenters. The van der Waals surface area contributed by atoms with Gasteiger partial charge in [0.2, 0.25) is 0 Å². The lowest BCUT2D eigenvalue weighted by Gasteiger charge is -2.15. The Morgan fingerprint density at radius 3 is 1.62 bits per heavy atom. The summed E-state index contributed by atoms with van der Waals surface area (Å²) in [4.78, 5) is 3.68. The van der Waals surface area contributed by atoms with Gasteiger partial charge in [-0.2, -0.15) is 10.5 Å². The molecule has 50 heavy (non-hydrogen) atoms. The average Bonchev–Trinajstić information content (AvgIpc) is 3.70. The standard InChI is InChI=1S/C45H25N5/c1-48-33-22-23-44-38(26-33)37-13-5-9-17-43(37)49(44)40-14-6-2-10-34(40)30-20-18-29(19-21-30)31-24-32(27-46)39(28-47)45(25-31)50-41-15-7-3-11-35(41)36-12-4-8-16-42(36)50/h2-26H. The van der Waals surface area contributed by atoms with Gasteiger partial charge in [-0.15, -0.1) is 0 Å². The fourth-order valence-corrected chi connectivity index (χ4v) is 7.40. The molecule has 5 nitrogen and oxygen atoms in total. The number of hydrogen-bond donors (Lipinski definition) is 0. The van der Waals surface area contributed by atoms with Crippen LogP contribution in [0.2, 0.25) is 0 Å². The van der Waals surface area contributed by atoms with Crippen LogP contribution < -0.4 is 0 Å². The van der Waals surface area contributed by atoms with Gasteiger partial charge in [-0.1, -0.05) is 103 Å². The van der Waals surface area contributed by atoms with Gasteiger partial charge >= 0.3 is 0 Å². The minimum Gasteiger partial charge on any atom is -0.309 e. The number of fused-ring (bicyclic) bond motifs is 6. The van der Waals surface area contributed by atoms with Gasteiger partial charge in [-0.25, -0.2) is 4.85 Å². The Hall–Kier alpha value is -7.39. The van der Waals surface area contributed by atoms with E-state index < -0.39 is 0 Å². The SMILES string of the molecule is [C-]#[N+]c1ccc2c(c1)c1ccccc1n2-c1ccccc1-c1ccc(-c2cc(C#N)c(C#N)c(-n3c4ccccc4c4ccccc43)c2)cc1. The molecular formula is C45H25N5. The van der Waals surface area contributed by atoms with E-state index in [-0.39, 0.29) is 0 Å². The van der Waals surface area contributed by atoms with E-state index in [0.717, 1.165) is 71.6 Å². The van der Waals surface area contributed by atoms with Crippen molar-refractivity contribution in [2.45, 2.75) is 0 Å². The minimum atomic E-state index is 0.337. The van der Waals surface area contributed by atoms with E-state index in [2.05, 4.69) is 111 Å². The smallest absolute Gasteiger partial charge is 0.188 e. The molecule has 0 aliphatic carbocycles. The molecular weight excluding hydrogens is 611 g/mol. The Morgan fingerprint density at radius 1 is 0.460 bits per heavy atom. The Bertz CT molecular complexity index is 2900. The van der Waals surface area contributed by atoms with Crippen molar-refractivity contribution in [3.05, 3.63) is 174 Å². The van der Waals surface area contributed by atoms with Gasteiger partial charge in [0.25, 0.3) is 0 Å². The second-order valence-electron chi connectivity index (χ2n) is 12.3. The van der Waals surface area contributed by atoms with Crippen LogP contribution in [-0.2, 0) is 0 Å². The summed E-state index contributed by atoms with van der Waals surface area (Å²) in [5, 5.41) is 24.9. The summed E-state index contributed by atoms with van der Waals surface area (Å²) in [5.41, 5.74) is 11.0. The molecule has 2 aromatic heterocycles. The zero-order chi connectivity index (χ0) is 33.8. The number of benzene rings is 7. The van der Waals surface area contributed by atoms with E-state index in [1.54, 1.807) is 0 Å². The molecule has 2 heterocycles. The topological polar surface area (TPSA) is 61.8 Å². The molecule has 0 amide bonds. The van der Waals surface area contributed by atoms with Crippen molar-refractivity contribution in [2.75, 3.05) is 0 Å². The van der Waals surface area contributed by atoms with E-state index in [1.165, 1.54) is 0 Å². The molecule has 0 unspecified atom stereocenters. The number of hydrogen-bond acceptors (Lipinski definition) is 2. The van der Waals surface area contributed by atoms with Crippen molar-refractivity contribution in [3.8, 4) is 45.8 Å². The molecule has 0 saturated heterocycles. The van der Waals surface area contributed by atoms with Crippen molar-refractivity contribution >= 4 is 49.3 Å². The van der Waals surface area contributed by atoms with Crippen LogP contribution in [0.5, 0.6) is 0 Å². The molecule has 0 aliphatic rings. The molecule has 0 aliphatic heterocycles. The van der Waals surface area contributed by atoms with Crippen LogP contribution in [0.25, 0.3) is 82.1 Å². The highest BCUT2D eigenvalue weighted by atomic mass is 15.0. The molecule has 0 fully saturated rings. The third-order valence-electron chi connectivity index (χ3n) is 9.63. The molecule has 9 rings (SSSR count). The van der Waals surface area contributed by atoms with E-state index in [9.17, 15) is 10.5 Å². The molecule has 0 N–H and O–H groups in total. The largest absolute Gasteiger partial charge is 0.309 e. The van der Waals surface area contributed by atoms with Crippen molar-refractivity contribution in [3.63, 3.8) is 0 Å². The third kappa shape index (κ3) is 4.31. The van der Waals surface area contributed by atoms with Crippen molar-refractivity contribution in [1.29, 1.82) is 10.5 Å². The first-order valence-electron chi connectivity index (χ1n) is 16.3. The third-order valence-corrected chi connectivity index (χ3v) is 9.63. The second-order valence-corrected chi connectivity index (χ2v) is 12.3. The van der Waals surface area contributed by atoms with Crippen LogP contribution in [0.3, 0.4) is 0 Å². The number of rotatable bonds is 4. The number of nitriles is 2. The van der Waals surface area contributed by atoms with Crippen molar-refractivity contribution in [2.24, 2.45) is 0 Å². The Balaban J connectivity index is 1.20. The maximum Gasteiger partial charge on any atom is 0.188 e. The van der Waals surface area contributed by atoms with Gasteiger partial charge in [0, 0.05) is 21.7 Å². The highest BCUT2D eigenvalue weighted by Crippen LogP contribution is 2.39. The predicted molar refractivity (Wildman–Crippen MR) is 202 cm³/mol. The molecule has 5 heteroatoms. The Kier molecular flexibility index (Phi) is 6.56. The van der Waals surface area contributed by atoms with Gasteiger partial charge in [-0.3, -0.25) is 0 Å². The molecule has 7 aromatic carbocycles. The normalized spacial score (nSPS) is 11.1. The first-order valence-corrected chi connectivity index (χ1v) is 16.3. The lowest BCUT2D eigenvalue weighted by atomic mass is 9.95. The van der Waals surface area contributed by atoms with Gasteiger partial charge in [0.05, 0.1) is 51.1 Å². The molecule has 0 saturated carbocycles. The lowest BCUT2D eigenvalue weighted by molar-refractivity contribution is 1.16. The first-order chi connectivity index (χ1) is 24.7. The molecule has 0 radical (unpaired) electrons. The van der Waals surface area contributed by atoms with Gasteiger partial charge < -0.3 is 9.13 Å². The molecule has 0 spiro atoms. The maximum atomic E-state index is 10.3. The van der Waals surface area contributed by atoms with Crippen molar-refractivity contribution < 1.29 is 0 Å². The predicted octanol–water partition coefficient (Wildman–Crippen LogP) is 11.5. The van der Waals surface area contributed by atoms with E-state index in [1.807, 2.05) is 66.7 Å². The zero-order valence-electron chi connectivity index (χ0n) is 26.7. The first kappa shape index (κ1) is 28.8. The molecule has 0 bridgehead atoms. The monoisotopic (exact) mass is 635 g/mol.